The molecule has 0 radical (unpaired) electrons. The average molecular weight is 409 g/mol. The average Bonchev–Trinajstić information content (AvgIpc) is 3.00. The molecule has 6 nitrogen and oxygen atoms in total. The fraction of sp³-hybridized carbons (Fsp3) is 0.474. The second-order valence-electron chi connectivity index (χ2n) is 7.34. The topological polar surface area (TPSA) is 77.1 Å². The monoisotopic (exact) mass is 409 g/mol. The number of nitrogens with one attached hydrogen (secondary N) is 1. The summed E-state index contributed by atoms with van der Waals surface area (Å²) in [5.74, 6) is -3.87. The number of halogens is 4. The standard InChI is InChI=1S/C19H19F4N5O/c20-12-3-5-19(22,23)17-14-10-27(6-4-16(14)26-28(17)9-12)18(29)25-13-1-2-15(21)11(7-13)8-24/h1-2,7,12,18,25,29H,3-6,9-10H2/t12-,18?/m0/s1. The van der Waals surface area contributed by atoms with Gasteiger partial charge in [0, 0.05) is 37.2 Å². The highest BCUT2D eigenvalue weighted by Gasteiger charge is 2.43. The number of fused-ring (bicyclic) bond motifs is 3. The number of nitrogens with zero attached hydrogens (tertiary/aromatic N) is 4. The first-order valence-electron chi connectivity index (χ1n) is 9.27. The van der Waals surface area contributed by atoms with Crippen molar-refractivity contribution >= 4 is 5.69 Å². The molecule has 2 atom stereocenters. The Morgan fingerprint density at radius 1 is 1.38 bits per heavy atom. The molecule has 0 aliphatic carbocycles. The van der Waals surface area contributed by atoms with Crippen LogP contribution in [0.4, 0.5) is 23.2 Å². The number of aliphatic hydroxyl groups excluding tert-OH is 1. The number of hydrogen-bond acceptors (Lipinski definition) is 5. The summed E-state index contributed by atoms with van der Waals surface area (Å²) >= 11 is 0. The molecular formula is C19H19F4N5O. The van der Waals surface area contributed by atoms with E-state index in [0.717, 1.165) is 10.7 Å². The van der Waals surface area contributed by atoms with Crippen molar-refractivity contribution in [3.05, 3.63) is 46.5 Å². The third-order valence-electron chi connectivity index (χ3n) is 5.35. The third kappa shape index (κ3) is 3.68. The molecule has 1 aromatic heterocycles. The van der Waals surface area contributed by atoms with E-state index in [1.165, 1.54) is 17.0 Å². The number of anilines is 1. The Kier molecular flexibility index (Phi) is 4.96. The Hall–Kier alpha value is -2.64. The second-order valence-corrected chi connectivity index (χ2v) is 7.34. The van der Waals surface area contributed by atoms with Crippen molar-refractivity contribution in [2.24, 2.45) is 0 Å². The minimum atomic E-state index is -3.19. The molecule has 1 unspecified atom stereocenters. The van der Waals surface area contributed by atoms with E-state index < -0.39 is 30.7 Å². The highest BCUT2D eigenvalue weighted by atomic mass is 19.3. The van der Waals surface area contributed by atoms with Gasteiger partial charge >= 0.3 is 0 Å². The van der Waals surface area contributed by atoms with Gasteiger partial charge in [0.15, 0.2) is 6.35 Å². The number of aliphatic hydroxyl groups is 1. The van der Waals surface area contributed by atoms with Crippen LogP contribution >= 0.6 is 0 Å². The zero-order valence-electron chi connectivity index (χ0n) is 15.4. The molecule has 29 heavy (non-hydrogen) atoms. The minimum Gasteiger partial charge on any atom is -0.361 e. The molecule has 0 bridgehead atoms. The predicted octanol–water partition coefficient (Wildman–Crippen LogP) is 2.86. The molecule has 2 aliphatic heterocycles. The maximum Gasteiger partial charge on any atom is 0.289 e. The van der Waals surface area contributed by atoms with E-state index in [-0.39, 0.29) is 30.8 Å². The van der Waals surface area contributed by atoms with E-state index in [9.17, 15) is 22.7 Å². The van der Waals surface area contributed by atoms with Crippen molar-refractivity contribution in [3.63, 3.8) is 0 Å². The fourth-order valence-electron chi connectivity index (χ4n) is 3.87. The van der Waals surface area contributed by atoms with Crippen LogP contribution in [0.5, 0.6) is 0 Å². The molecule has 2 aliphatic rings. The van der Waals surface area contributed by atoms with Crippen LogP contribution in [0.2, 0.25) is 0 Å². The first-order chi connectivity index (χ1) is 13.8. The van der Waals surface area contributed by atoms with Gasteiger partial charge < -0.3 is 10.4 Å². The Morgan fingerprint density at radius 2 is 2.17 bits per heavy atom. The van der Waals surface area contributed by atoms with E-state index in [1.807, 2.05) is 0 Å². The number of aromatic nitrogens is 2. The maximum absolute atomic E-state index is 14.7. The summed E-state index contributed by atoms with van der Waals surface area (Å²) < 4.78 is 57.7. The maximum atomic E-state index is 14.7. The van der Waals surface area contributed by atoms with Crippen LogP contribution in [-0.4, -0.2) is 38.9 Å². The van der Waals surface area contributed by atoms with Crippen molar-refractivity contribution in [2.45, 2.75) is 50.8 Å². The molecule has 0 spiro atoms. The highest BCUT2D eigenvalue weighted by Crippen LogP contribution is 2.41. The van der Waals surface area contributed by atoms with Crippen LogP contribution in [0, 0.1) is 17.1 Å². The Labute approximate surface area is 164 Å². The van der Waals surface area contributed by atoms with Crippen molar-refractivity contribution < 1.29 is 22.7 Å². The van der Waals surface area contributed by atoms with Gasteiger partial charge in [-0.05, 0) is 24.6 Å². The van der Waals surface area contributed by atoms with Gasteiger partial charge in [-0.2, -0.15) is 19.1 Å². The summed E-state index contributed by atoms with van der Waals surface area (Å²) in [4.78, 5) is 1.54. The normalized spacial score (nSPS) is 22.1. The Balaban J connectivity index is 1.57. The van der Waals surface area contributed by atoms with Crippen LogP contribution in [0.1, 0.15) is 35.4 Å². The summed E-state index contributed by atoms with van der Waals surface area (Å²) in [6.07, 6.45) is -3.11. The quantitative estimate of drug-likeness (QED) is 0.602. The third-order valence-corrected chi connectivity index (χ3v) is 5.35. The molecule has 1 aromatic carbocycles. The minimum absolute atomic E-state index is 0.0116. The van der Waals surface area contributed by atoms with Gasteiger partial charge in [-0.25, -0.2) is 8.78 Å². The first-order valence-corrected chi connectivity index (χ1v) is 9.27. The van der Waals surface area contributed by atoms with Crippen LogP contribution in [-0.2, 0) is 25.4 Å². The number of nitriles is 1. The Bertz CT molecular complexity index is 970. The molecular weight excluding hydrogens is 390 g/mol. The molecule has 10 heteroatoms. The van der Waals surface area contributed by atoms with Crippen molar-refractivity contribution in [1.29, 1.82) is 5.26 Å². The molecule has 154 valence electrons. The molecule has 4 rings (SSSR count). The largest absolute Gasteiger partial charge is 0.361 e. The van der Waals surface area contributed by atoms with Gasteiger partial charge in [0.25, 0.3) is 5.92 Å². The van der Waals surface area contributed by atoms with Crippen molar-refractivity contribution in [3.8, 4) is 6.07 Å². The SMILES string of the molecule is N#Cc1cc(NC(O)N2CCc3nn4c(c3C2)C(F)(F)CC[C@H](F)C4)ccc1F. The van der Waals surface area contributed by atoms with Crippen LogP contribution in [0.25, 0.3) is 0 Å². The van der Waals surface area contributed by atoms with Gasteiger partial charge in [0.05, 0.1) is 17.8 Å². The lowest BCUT2D eigenvalue weighted by Gasteiger charge is -2.32. The van der Waals surface area contributed by atoms with Gasteiger partial charge in [0.1, 0.15) is 23.8 Å². The zero-order valence-corrected chi connectivity index (χ0v) is 15.4. The second kappa shape index (κ2) is 7.31. The molecule has 0 saturated carbocycles. The molecule has 2 aromatic rings. The molecule has 3 heterocycles. The van der Waals surface area contributed by atoms with Crippen LogP contribution in [0.3, 0.4) is 0 Å². The van der Waals surface area contributed by atoms with E-state index >= 15 is 0 Å². The van der Waals surface area contributed by atoms with Gasteiger partial charge in [-0.3, -0.25) is 9.58 Å². The van der Waals surface area contributed by atoms with Gasteiger partial charge in [-0.15, -0.1) is 0 Å². The lowest BCUT2D eigenvalue weighted by atomic mass is 10.00. The lowest BCUT2D eigenvalue weighted by molar-refractivity contribution is -0.0252. The van der Waals surface area contributed by atoms with Crippen LogP contribution < -0.4 is 5.32 Å². The first kappa shape index (κ1) is 19.7. The fourth-order valence-corrected chi connectivity index (χ4v) is 3.87. The predicted molar refractivity (Wildman–Crippen MR) is 95.1 cm³/mol. The number of hydrogen-bond donors (Lipinski definition) is 2. The number of rotatable bonds is 3. The number of alkyl halides is 3. The van der Waals surface area contributed by atoms with Crippen LogP contribution in [0.15, 0.2) is 18.2 Å². The summed E-state index contributed by atoms with van der Waals surface area (Å²) in [5, 5.41) is 26.4. The zero-order chi connectivity index (χ0) is 20.8. The number of benzene rings is 1. The summed E-state index contributed by atoms with van der Waals surface area (Å²) in [6.45, 7) is 0.150. The van der Waals surface area contributed by atoms with E-state index in [0.29, 0.717) is 29.9 Å². The summed E-state index contributed by atoms with van der Waals surface area (Å²) in [5.41, 5.74) is 0.670. The van der Waals surface area contributed by atoms with Gasteiger partial charge in [0.2, 0.25) is 0 Å². The molecule has 0 amide bonds. The van der Waals surface area contributed by atoms with E-state index in [4.69, 9.17) is 5.26 Å². The molecule has 0 saturated heterocycles. The lowest BCUT2D eigenvalue weighted by Crippen LogP contribution is -2.44. The van der Waals surface area contributed by atoms with E-state index in [2.05, 4.69) is 10.4 Å². The highest BCUT2D eigenvalue weighted by molar-refractivity contribution is 5.50. The van der Waals surface area contributed by atoms with E-state index in [1.54, 1.807) is 6.07 Å². The smallest absolute Gasteiger partial charge is 0.289 e. The summed E-state index contributed by atoms with van der Waals surface area (Å²) in [7, 11) is 0. The Morgan fingerprint density at radius 3 is 2.93 bits per heavy atom. The molecule has 2 N–H and O–H groups in total. The summed E-state index contributed by atoms with van der Waals surface area (Å²) in [6, 6.07) is 5.45. The van der Waals surface area contributed by atoms with Gasteiger partial charge in [-0.1, -0.05) is 0 Å². The molecule has 0 fully saturated rings. The van der Waals surface area contributed by atoms with Crippen molar-refractivity contribution in [1.82, 2.24) is 14.7 Å². The van der Waals surface area contributed by atoms with Crippen molar-refractivity contribution in [2.75, 3.05) is 11.9 Å².